The number of fused-ring (bicyclic) bond motifs is 1. The molecule has 2 fully saturated rings. The maximum atomic E-state index is 12.1. The Morgan fingerprint density at radius 3 is 3.07 bits per heavy atom. The highest BCUT2D eigenvalue weighted by Gasteiger charge is 2.28. The lowest BCUT2D eigenvalue weighted by atomic mass is 10.2. The molecular formula is C18H21N7O3. The predicted molar refractivity (Wildman–Crippen MR) is 102 cm³/mol. The van der Waals surface area contributed by atoms with Gasteiger partial charge in [-0.2, -0.15) is 10.1 Å². The second-order valence-electron chi connectivity index (χ2n) is 7.22. The van der Waals surface area contributed by atoms with Crippen LogP contribution in [0.25, 0.3) is 11.1 Å². The molecule has 3 aromatic rings. The van der Waals surface area contributed by atoms with Gasteiger partial charge in [0.05, 0.1) is 18.9 Å². The van der Waals surface area contributed by atoms with Crippen LogP contribution in [0.4, 0.5) is 17.6 Å². The summed E-state index contributed by atoms with van der Waals surface area (Å²) < 4.78 is 5.53. The van der Waals surface area contributed by atoms with Crippen LogP contribution >= 0.6 is 0 Å². The summed E-state index contributed by atoms with van der Waals surface area (Å²) in [4.78, 5) is 23.3. The molecule has 28 heavy (non-hydrogen) atoms. The summed E-state index contributed by atoms with van der Waals surface area (Å²) in [5.74, 6) is 1.30. The summed E-state index contributed by atoms with van der Waals surface area (Å²) in [6.45, 7) is 0.857. The van der Waals surface area contributed by atoms with Crippen molar-refractivity contribution in [2.45, 2.75) is 37.8 Å². The Labute approximate surface area is 160 Å². The van der Waals surface area contributed by atoms with Gasteiger partial charge in [-0.25, -0.2) is 4.98 Å². The number of nitrogens with one attached hydrogen (secondary N) is 3. The van der Waals surface area contributed by atoms with Gasteiger partial charge in [-0.05, 0) is 25.7 Å². The average molecular weight is 383 g/mol. The molecule has 0 bridgehead atoms. The van der Waals surface area contributed by atoms with Crippen LogP contribution in [-0.4, -0.2) is 56.4 Å². The number of amides is 1. The number of rotatable bonds is 6. The standard InChI is InChI=1S/C18H21N7O3/c26-9-11-2-1-6-25(11)18-20-12-5-7-28-15(12)16(22-18)21-14-8-13(23-24-14)17(27)19-10-3-4-10/h5,7-8,10-11,26H,1-4,6,9H2,(H,19,27)(H2,20,21,22,23,24). The third-order valence-electron chi connectivity index (χ3n) is 5.12. The van der Waals surface area contributed by atoms with E-state index in [0.717, 1.165) is 32.2 Å². The quantitative estimate of drug-likeness (QED) is 0.504. The van der Waals surface area contributed by atoms with E-state index in [-0.39, 0.29) is 24.6 Å². The van der Waals surface area contributed by atoms with Crippen molar-refractivity contribution in [2.75, 3.05) is 23.4 Å². The number of carbonyl (C=O) groups is 1. The van der Waals surface area contributed by atoms with E-state index in [1.165, 1.54) is 0 Å². The smallest absolute Gasteiger partial charge is 0.269 e. The molecule has 4 heterocycles. The maximum absolute atomic E-state index is 12.1. The van der Waals surface area contributed by atoms with Crippen LogP contribution in [0.1, 0.15) is 36.2 Å². The molecule has 146 valence electrons. The first-order chi connectivity index (χ1) is 13.7. The van der Waals surface area contributed by atoms with Crippen LogP contribution in [0.15, 0.2) is 22.8 Å². The van der Waals surface area contributed by atoms with E-state index >= 15 is 0 Å². The van der Waals surface area contributed by atoms with Crippen molar-refractivity contribution in [1.29, 1.82) is 0 Å². The Kier molecular flexibility index (Phi) is 4.12. The van der Waals surface area contributed by atoms with E-state index in [4.69, 9.17) is 4.42 Å². The van der Waals surface area contributed by atoms with Gasteiger partial charge in [-0.15, -0.1) is 0 Å². The molecule has 0 aromatic carbocycles. The van der Waals surface area contributed by atoms with Gasteiger partial charge in [-0.1, -0.05) is 0 Å². The number of furan rings is 1. The minimum absolute atomic E-state index is 0.0142. The number of hydrogen-bond acceptors (Lipinski definition) is 8. The zero-order valence-corrected chi connectivity index (χ0v) is 15.2. The second kappa shape index (κ2) is 6.79. The van der Waals surface area contributed by atoms with Crippen molar-refractivity contribution in [1.82, 2.24) is 25.5 Å². The summed E-state index contributed by atoms with van der Waals surface area (Å²) in [6, 6.07) is 3.70. The zero-order valence-electron chi connectivity index (χ0n) is 15.2. The highest BCUT2D eigenvalue weighted by Crippen LogP contribution is 2.30. The van der Waals surface area contributed by atoms with Crippen molar-refractivity contribution in [2.24, 2.45) is 0 Å². The lowest BCUT2D eigenvalue weighted by Gasteiger charge is -2.23. The van der Waals surface area contributed by atoms with E-state index < -0.39 is 0 Å². The number of H-pyrrole nitrogens is 1. The Balaban J connectivity index is 1.43. The lowest BCUT2D eigenvalue weighted by molar-refractivity contribution is 0.0946. The molecule has 10 nitrogen and oxygen atoms in total. The van der Waals surface area contributed by atoms with E-state index in [9.17, 15) is 9.90 Å². The zero-order chi connectivity index (χ0) is 19.1. The van der Waals surface area contributed by atoms with Crippen LogP contribution in [0.2, 0.25) is 0 Å². The molecule has 10 heteroatoms. The van der Waals surface area contributed by atoms with Gasteiger partial charge in [0.1, 0.15) is 11.2 Å². The molecule has 2 aliphatic rings. The normalized spacial score (nSPS) is 19.3. The summed E-state index contributed by atoms with van der Waals surface area (Å²) >= 11 is 0. The molecule has 1 unspecified atom stereocenters. The van der Waals surface area contributed by atoms with E-state index in [1.807, 2.05) is 4.90 Å². The number of anilines is 3. The summed E-state index contributed by atoms with van der Waals surface area (Å²) in [6.07, 6.45) is 5.50. The van der Waals surface area contributed by atoms with Crippen LogP contribution < -0.4 is 15.5 Å². The predicted octanol–water partition coefficient (Wildman–Crippen LogP) is 1.54. The molecule has 1 aliphatic carbocycles. The van der Waals surface area contributed by atoms with Crippen molar-refractivity contribution < 1.29 is 14.3 Å². The SMILES string of the molecule is O=C(NC1CC1)c1cc(Nc2nc(N3CCCC3CO)nc3ccoc23)n[nH]1. The number of carbonyl (C=O) groups excluding carboxylic acids is 1. The fourth-order valence-electron chi connectivity index (χ4n) is 3.47. The molecule has 5 rings (SSSR count). The summed E-state index contributed by atoms with van der Waals surface area (Å²) in [5.41, 5.74) is 1.56. The second-order valence-corrected chi connectivity index (χ2v) is 7.22. The summed E-state index contributed by atoms with van der Waals surface area (Å²) in [7, 11) is 0. The van der Waals surface area contributed by atoms with E-state index in [1.54, 1.807) is 18.4 Å². The molecule has 1 saturated carbocycles. The fraction of sp³-hybridized carbons (Fsp3) is 0.444. The van der Waals surface area contributed by atoms with Crippen LogP contribution in [0.5, 0.6) is 0 Å². The molecule has 0 radical (unpaired) electrons. The molecule has 1 atom stereocenters. The van der Waals surface area contributed by atoms with Gasteiger partial charge < -0.3 is 25.1 Å². The van der Waals surface area contributed by atoms with Crippen molar-refractivity contribution in [3.8, 4) is 0 Å². The Morgan fingerprint density at radius 1 is 1.36 bits per heavy atom. The first kappa shape index (κ1) is 17.0. The van der Waals surface area contributed by atoms with Gasteiger partial charge >= 0.3 is 0 Å². The third-order valence-corrected chi connectivity index (χ3v) is 5.12. The number of aliphatic hydroxyl groups is 1. The minimum Gasteiger partial charge on any atom is -0.459 e. The number of aliphatic hydroxyl groups excluding tert-OH is 1. The van der Waals surface area contributed by atoms with E-state index in [2.05, 4.69) is 30.8 Å². The largest absolute Gasteiger partial charge is 0.459 e. The van der Waals surface area contributed by atoms with Crippen LogP contribution in [-0.2, 0) is 0 Å². The Bertz CT molecular complexity index is 1010. The number of aromatic amines is 1. The van der Waals surface area contributed by atoms with Crippen molar-refractivity contribution in [3.63, 3.8) is 0 Å². The van der Waals surface area contributed by atoms with Gasteiger partial charge in [0.25, 0.3) is 5.91 Å². The van der Waals surface area contributed by atoms with Crippen molar-refractivity contribution in [3.05, 3.63) is 24.1 Å². The first-order valence-corrected chi connectivity index (χ1v) is 9.47. The van der Waals surface area contributed by atoms with Crippen molar-refractivity contribution >= 4 is 34.6 Å². The average Bonchev–Trinajstić information content (AvgIpc) is 3.11. The van der Waals surface area contributed by atoms with Crippen LogP contribution in [0, 0.1) is 0 Å². The van der Waals surface area contributed by atoms with Gasteiger partial charge in [0.2, 0.25) is 5.95 Å². The van der Waals surface area contributed by atoms with Crippen LogP contribution in [0.3, 0.4) is 0 Å². The third kappa shape index (κ3) is 3.15. The molecule has 0 spiro atoms. The number of aromatic nitrogens is 4. The number of hydrogen-bond donors (Lipinski definition) is 4. The highest BCUT2D eigenvalue weighted by atomic mass is 16.3. The molecule has 3 aromatic heterocycles. The molecule has 1 saturated heterocycles. The minimum atomic E-state index is -0.169. The maximum Gasteiger partial charge on any atom is 0.269 e. The first-order valence-electron chi connectivity index (χ1n) is 9.47. The van der Waals surface area contributed by atoms with Gasteiger partial charge in [0, 0.05) is 24.7 Å². The molecule has 4 N–H and O–H groups in total. The van der Waals surface area contributed by atoms with E-state index in [0.29, 0.717) is 34.4 Å². The monoisotopic (exact) mass is 383 g/mol. The Morgan fingerprint density at radius 2 is 2.25 bits per heavy atom. The summed E-state index contributed by atoms with van der Waals surface area (Å²) in [5, 5.41) is 22.6. The molecule has 1 aliphatic heterocycles. The Hall–Kier alpha value is -3.14. The topological polar surface area (TPSA) is 132 Å². The van der Waals surface area contributed by atoms with Gasteiger partial charge in [-0.3, -0.25) is 9.89 Å². The highest BCUT2D eigenvalue weighted by molar-refractivity contribution is 5.94. The fourth-order valence-corrected chi connectivity index (χ4v) is 3.47. The molecule has 1 amide bonds. The lowest BCUT2D eigenvalue weighted by Crippen LogP contribution is -2.33. The van der Waals surface area contributed by atoms with Gasteiger partial charge in [0.15, 0.2) is 17.2 Å². The number of nitrogens with zero attached hydrogens (tertiary/aromatic N) is 4. The molecular weight excluding hydrogens is 362 g/mol.